The normalized spacial score (nSPS) is 22.5. The molecule has 1 aliphatic carbocycles. The molecule has 4 nitrogen and oxygen atoms in total. The van der Waals surface area contributed by atoms with E-state index in [1.54, 1.807) is 12.1 Å². The molecule has 1 aromatic carbocycles. The van der Waals surface area contributed by atoms with Crippen molar-refractivity contribution >= 4 is 23.0 Å². The summed E-state index contributed by atoms with van der Waals surface area (Å²) in [6, 6.07) is 4.99. The van der Waals surface area contributed by atoms with Gasteiger partial charge in [0, 0.05) is 17.1 Å². The van der Waals surface area contributed by atoms with Crippen molar-refractivity contribution in [3.05, 3.63) is 33.3 Å². The molecule has 2 rings (SSSR count). The Bertz CT molecular complexity index is 471. The average molecular weight is 297 g/mol. The zero-order chi connectivity index (χ0) is 14.5. The highest BCUT2D eigenvalue weighted by molar-refractivity contribution is 6.31. The molecule has 0 atom stereocenters. The minimum Gasteiger partial charge on any atom is -0.377 e. The Balaban J connectivity index is 2.00. The number of nitro groups is 1. The van der Waals surface area contributed by atoms with Gasteiger partial charge in [0.1, 0.15) is 5.69 Å². The molecular formula is C15H21ClN2O2. The van der Waals surface area contributed by atoms with Crippen LogP contribution < -0.4 is 5.32 Å². The lowest BCUT2D eigenvalue weighted by molar-refractivity contribution is -0.384. The fraction of sp³-hybridized carbons (Fsp3) is 0.600. The Morgan fingerprint density at radius 2 is 2.05 bits per heavy atom. The monoisotopic (exact) mass is 296 g/mol. The maximum absolute atomic E-state index is 11.0. The lowest BCUT2D eigenvalue weighted by atomic mass is 9.83. The average Bonchev–Trinajstić information content (AvgIpc) is 2.41. The Morgan fingerprint density at radius 1 is 1.35 bits per heavy atom. The molecule has 0 aromatic heterocycles. The van der Waals surface area contributed by atoms with Crippen LogP contribution in [-0.4, -0.2) is 11.0 Å². The van der Waals surface area contributed by atoms with Crippen molar-refractivity contribution in [1.29, 1.82) is 0 Å². The molecule has 5 heteroatoms. The van der Waals surface area contributed by atoms with E-state index < -0.39 is 0 Å². The summed E-state index contributed by atoms with van der Waals surface area (Å²) >= 11 is 5.94. The third-order valence-electron chi connectivity index (χ3n) is 4.06. The van der Waals surface area contributed by atoms with Gasteiger partial charge in [-0.3, -0.25) is 10.1 Å². The van der Waals surface area contributed by atoms with Gasteiger partial charge in [-0.05, 0) is 43.7 Å². The summed E-state index contributed by atoms with van der Waals surface area (Å²) in [5.41, 5.74) is 0.645. The summed E-state index contributed by atoms with van der Waals surface area (Å²) in [7, 11) is 0. The maximum Gasteiger partial charge on any atom is 0.292 e. The van der Waals surface area contributed by atoms with Crippen molar-refractivity contribution in [1.82, 2.24) is 0 Å². The van der Waals surface area contributed by atoms with Crippen LogP contribution in [0.4, 0.5) is 11.4 Å². The third kappa shape index (κ3) is 3.85. The van der Waals surface area contributed by atoms with Crippen LogP contribution in [0.25, 0.3) is 0 Å². The molecule has 0 heterocycles. The van der Waals surface area contributed by atoms with Crippen LogP contribution in [0.3, 0.4) is 0 Å². The van der Waals surface area contributed by atoms with Gasteiger partial charge in [0.05, 0.1) is 4.92 Å². The predicted molar refractivity (Wildman–Crippen MR) is 82.4 cm³/mol. The summed E-state index contributed by atoms with van der Waals surface area (Å²) < 4.78 is 0. The lowest BCUT2D eigenvalue weighted by Crippen LogP contribution is -2.26. The number of nitrogens with zero attached hydrogens (tertiary/aromatic N) is 1. The Morgan fingerprint density at radius 3 is 2.65 bits per heavy atom. The van der Waals surface area contributed by atoms with Crippen LogP contribution >= 0.6 is 11.6 Å². The van der Waals surface area contributed by atoms with E-state index in [2.05, 4.69) is 12.2 Å². The molecule has 1 fully saturated rings. The summed E-state index contributed by atoms with van der Waals surface area (Å²) in [6.45, 7) is 2.22. The van der Waals surface area contributed by atoms with E-state index in [0.717, 1.165) is 18.8 Å². The first-order valence-electron chi connectivity index (χ1n) is 7.30. The van der Waals surface area contributed by atoms with Gasteiger partial charge in [0.25, 0.3) is 5.69 Å². The molecule has 1 aliphatic rings. The molecule has 1 saturated carbocycles. The molecule has 0 unspecified atom stereocenters. The van der Waals surface area contributed by atoms with Crippen molar-refractivity contribution in [2.75, 3.05) is 5.32 Å². The van der Waals surface area contributed by atoms with Gasteiger partial charge in [-0.25, -0.2) is 0 Å². The van der Waals surface area contributed by atoms with Crippen molar-refractivity contribution in [3.8, 4) is 0 Å². The molecule has 0 aliphatic heterocycles. The van der Waals surface area contributed by atoms with Crippen LogP contribution in [0, 0.1) is 16.0 Å². The second kappa shape index (κ2) is 6.93. The lowest BCUT2D eigenvalue weighted by Gasteiger charge is -2.29. The maximum atomic E-state index is 11.0. The number of nitrogens with one attached hydrogen (secondary N) is 1. The van der Waals surface area contributed by atoms with Gasteiger partial charge in [-0.15, -0.1) is 0 Å². The van der Waals surface area contributed by atoms with Gasteiger partial charge in [-0.1, -0.05) is 31.4 Å². The number of benzene rings is 1. The summed E-state index contributed by atoms with van der Waals surface area (Å²) in [5, 5.41) is 14.9. The van der Waals surface area contributed by atoms with Gasteiger partial charge in [0.2, 0.25) is 0 Å². The Hall–Kier alpha value is -1.29. The zero-order valence-electron chi connectivity index (χ0n) is 11.8. The van der Waals surface area contributed by atoms with E-state index in [9.17, 15) is 10.1 Å². The van der Waals surface area contributed by atoms with Gasteiger partial charge in [-0.2, -0.15) is 0 Å². The molecule has 110 valence electrons. The minimum atomic E-state index is -0.360. The summed E-state index contributed by atoms with van der Waals surface area (Å²) in [6.07, 6.45) is 7.11. The second-order valence-electron chi connectivity index (χ2n) is 5.57. The highest BCUT2D eigenvalue weighted by atomic mass is 35.5. The quantitative estimate of drug-likeness (QED) is 0.613. The van der Waals surface area contributed by atoms with E-state index in [0.29, 0.717) is 16.8 Å². The molecular weight excluding hydrogens is 276 g/mol. The smallest absolute Gasteiger partial charge is 0.292 e. The first-order chi connectivity index (χ1) is 9.60. The zero-order valence-corrected chi connectivity index (χ0v) is 12.5. The van der Waals surface area contributed by atoms with Crippen molar-refractivity contribution in [2.24, 2.45) is 5.92 Å². The van der Waals surface area contributed by atoms with Crippen LogP contribution in [0.1, 0.15) is 45.4 Å². The molecule has 1 aromatic rings. The third-order valence-corrected chi connectivity index (χ3v) is 4.29. The van der Waals surface area contributed by atoms with Crippen molar-refractivity contribution in [3.63, 3.8) is 0 Å². The number of hydrogen-bond acceptors (Lipinski definition) is 3. The minimum absolute atomic E-state index is 0.102. The van der Waals surface area contributed by atoms with Crippen LogP contribution in [-0.2, 0) is 0 Å². The van der Waals surface area contributed by atoms with Gasteiger partial charge < -0.3 is 5.32 Å². The van der Waals surface area contributed by atoms with E-state index >= 15 is 0 Å². The number of rotatable bonds is 5. The van der Waals surface area contributed by atoms with Crippen LogP contribution in [0.5, 0.6) is 0 Å². The highest BCUT2D eigenvalue weighted by Gasteiger charge is 2.23. The molecule has 0 bridgehead atoms. The Kier molecular flexibility index (Phi) is 5.24. The van der Waals surface area contributed by atoms with Crippen molar-refractivity contribution < 1.29 is 4.92 Å². The molecule has 0 amide bonds. The Labute approximate surface area is 124 Å². The molecule has 0 radical (unpaired) electrons. The first-order valence-corrected chi connectivity index (χ1v) is 7.68. The summed E-state index contributed by atoms with van der Waals surface area (Å²) in [5.74, 6) is 0.826. The molecule has 0 spiro atoms. The largest absolute Gasteiger partial charge is 0.377 e. The second-order valence-corrected chi connectivity index (χ2v) is 6.01. The molecule has 1 N–H and O–H groups in total. The fourth-order valence-corrected chi connectivity index (χ4v) is 3.18. The number of nitro benzene ring substituents is 1. The van der Waals surface area contributed by atoms with E-state index in [1.165, 1.54) is 31.7 Å². The standard InChI is InChI=1S/C15H21ClN2O2/c1-2-3-11-4-7-13(8-5-11)17-14-10-12(16)6-9-15(14)18(19)20/h6,9-11,13,17H,2-5,7-8H2,1H3. The van der Waals surface area contributed by atoms with E-state index in [1.807, 2.05) is 0 Å². The summed E-state index contributed by atoms with van der Waals surface area (Å²) in [4.78, 5) is 10.7. The SMILES string of the molecule is CCCC1CCC(Nc2cc(Cl)ccc2[N+](=O)[O-])CC1. The predicted octanol–water partition coefficient (Wildman–Crippen LogP) is 5.02. The molecule has 0 saturated heterocycles. The fourth-order valence-electron chi connectivity index (χ4n) is 3.01. The van der Waals surface area contributed by atoms with E-state index in [4.69, 9.17) is 11.6 Å². The van der Waals surface area contributed by atoms with Gasteiger partial charge in [0.15, 0.2) is 0 Å². The van der Waals surface area contributed by atoms with Gasteiger partial charge >= 0.3 is 0 Å². The van der Waals surface area contributed by atoms with Crippen molar-refractivity contribution in [2.45, 2.75) is 51.5 Å². The number of hydrogen-bond donors (Lipinski definition) is 1. The highest BCUT2D eigenvalue weighted by Crippen LogP contribution is 2.33. The first kappa shape index (κ1) is 15.1. The van der Waals surface area contributed by atoms with Crippen LogP contribution in [0.15, 0.2) is 18.2 Å². The van der Waals surface area contributed by atoms with Crippen LogP contribution in [0.2, 0.25) is 5.02 Å². The number of anilines is 1. The van der Waals surface area contributed by atoms with E-state index in [-0.39, 0.29) is 10.6 Å². The molecule has 20 heavy (non-hydrogen) atoms. The number of halogens is 1. The topological polar surface area (TPSA) is 55.2 Å².